The van der Waals surface area contributed by atoms with Crippen molar-refractivity contribution in [2.45, 2.75) is 32.2 Å². The van der Waals surface area contributed by atoms with Gasteiger partial charge in [-0.25, -0.2) is 4.79 Å². The summed E-state index contributed by atoms with van der Waals surface area (Å²) in [6.07, 6.45) is -4.52. The molecule has 0 spiro atoms. The zero-order chi connectivity index (χ0) is 27.9. The van der Waals surface area contributed by atoms with Crippen LogP contribution in [0.4, 0.5) is 23.7 Å². The van der Waals surface area contributed by atoms with E-state index in [1.54, 1.807) is 26.1 Å². The highest BCUT2D eigenvalue weighted by atomic mass is 19.4. The van der Waals surface area contributed by atoms with Crippen molar-refractivity contribution in [1.82, 2.24) is 24.1 Å². The van der Waals surface area contributed by atoms with Gasteiger partial charge in [0.25, 0.3) is 5.56 Å². The quantitative estimate of drug-likeness (QED) is 0.401. The molecule has 13 heteroatoms. The number of nitrogens with zero attached hydrogens (tertiary/aromatic N) is 5. The predicted molar refractivity (Wildman–Crippen MR) is 134 cm³/mol. The Morgan fingerprint density at radius 3 is 2.41 bits per heavy atom. The molecule has 10 nitrogen and oxygen atoms in total. The summed E-state index contributed by atoms with van der Waals surface area (Å²) < 4.78 is 46.3. The first-order valence-corrected chi connectivity index (χ1v) is 11.9. The molecule has 202 valence electrons. The lowest BCUT2D eigenvalue weighted by atomic mass is 10.1. The highest BCUT2D eigenvalue weighted by Crippen LogP contribution is 2.30. The molecule has 2 amide bonds. The molecule has 1 atom stereocenters. The van der Waals surface area contributed by atoms with E-state index in [0.29, 0.717) is 24.2 Å². The lowest BCUT2D eigenvalue weighted by Gasteiger charge is -2.12. The third-order valence-corrected chi connectivity index (χ3v) is 6.33. The van der Waals surface area contributed by atoms with Gasteiger partial charge in [-0.1, -0.05) is 24.3 Å². The van der Waals surface area contributed by atoms with Crippen LogP contribution in [-0.4, -0.2) is 55.8 Å². The topological polar surface area (TPSA) is 111 Å². The minimum absolute atomic E-state index is 0.141. The van der Waals surface area contributed by atoms with Crippen LogP contribution in [0.15, 0.2) is 59.4 Å². The summed E-state index contributed by atoms with van der Waals surface area (Å²) in [5, 5.41) is 6.88. The minimum atomic E-state index is -4.48. The summed E-state index contributed by atoms with van der Waals surface area (Å²) in [7, 11) is 1.68. The number of rotatable bonds is 6. The van der Waals surface area contributed by atoms with Gasteiger partial charge in [-0.05, 0) is 36.8 Å². The normalized spacial score (nSPS) is 15.6. The van der Waals surface area contributed by atoms with Crippen LogP contribution in [0.25, 0.3) is 17.2 Å². The molecule has 39 heavy (non-hydrogen) atoms. The van der Waals surface area contributed by atoms with Gasteiger partial charge in [-0.15, -0.1) is 5.10 Å². The zero-order valence-corrected chi connectivity index (χ0v) is 20.9. The predicted octanol–water partition coefficient (Wildman–Crippen LogP) is 3.52. The molecule has 3 heterocycles. The number of aromatic nitrogens is 4. The van der Waals surface area contributed by atoms with Gasteiger partial charge in [0, 0.05) is 36.5 Å². The van der Waals surface area contributed by atoms with Crippen molar-refractivity contribution in [3.05, 3.63) is 81.8 Å². The Morgan fingerprint density at radius 2 is 1.79 bits per heavy atom. The number of nitrogens with one attached hydrogen (secondary N) is 1. The molecule has 1 fully saturated rings. The van der Waals surface area contributed by atoms with Gasteiger partial charge in [0.15, 0.2) is 5.82 Å². The number of halogens is 3. The smallest absolute Gasteiger partial charge is 0.416 e. The number of cyclic esters (lactones) is 1. The molecule has 0 unspecified atom stereocenters. The van der Waals surface area contributed by atoms with Crippen LogP contribution in [-0.2, 0) is 28.7 Å². The highest BCUT2D eigenvalue weighted by Gasteiger charge is 2.30. The van der Waals surface area contributed by atoms with Gasteiger partial charge in [-0.2, -0.15) is 22.7 Å². The Morgan fingerprint density at radius 1 is 1.10 bits per heavy atom. The fourth-order valence-corrected chi connectivity index (χ4v) is 4.32. The van der Waals surface area contributed by atoms with Crippen LogP contribution in [0.5, 0.6) is 0 Å². The van der Waals surface area contributed by atoms with Crippen LogP contribution in [0, 0.1) is 6.92 Å². The van der Waals surface area contributed by atoms with Gasteiger partial charge in [0.1, 0.15) is 12.6 Å². The van der Waals surface area contributed by atoms with Crippen molar-refractivity contribution in [1.29, 1.82) is 0 Å². The Kier molecular flexibility index (Phi) is 6.58. The van der Waals surface area contributed by atoms with Crippen LogP contribution in [0.1, 0.15) is 16.8 Å². The van der Waals surface area contributed by atoms with Gasteiger partial charge in [0.2, 0.25) is 11.7 Å². The van der Waals surface area contributed by atoms with Crippen molar-refractivity contribution in [3.8, 4) is 11.4 Å². The molecule has 1 N–H and O–H groups in total. The second kappa shape index (κ2) is 9.89. The highest BCUT2D eigenvalue weighted by molar-refractivity contribution is 5.90. The number of likely N-dealkylation sites (N-methyl/N-ethyl adjacent to an activating group) is 1. The molecule has 0 radical (unpaired) electrons. The number of benzene rings is 2. The Bertz CT molecular complexity index is 1610. The molecule has 2 aromatic heterocycles. The molecule has 1 aliphatic heterocycles. The van der Waals surface area contributed by atoms with E-state index in [9.17, 15) is 27.6 Å². The summed E-state index contributed by atoms with van der Waals surface area (Å²) in [5.74, 6) is -0.105. The molecular formula is C26H23F3N6O4. The van der Waals surface area contributed by atoms with Gasteiger partial charge < -0.3 is 19.5 Å². The molecular weight excluding hydrogens is 517 g/mol. The molecule has 5 rings (SSSR count). The monoisotopic (exact) mass is 540 g/mol. The van der Waals surface area contributed by atoms with Crippen LogP contribution < -0.4 is 10.9 Å². The van der Waals surface area contributed by atoms with Crippen molar-refractivity contribution < 1.29 is 27.5 Å². The number of hydrogen-bond acceptors (Lipinski definition) is 6. The van der Waals surface area contributed by atoms with Gasteiger partial charge in [-0.3, -0.25) is 9.59 Å². The maximum atomic E-state index is 12.8. The Hall–Kier alpha value is -4.68. The first-order chi connectivity index (χ1) is 18.5. The number of carbonyl (C=O) groups is 2. The number of hydrogen-bond donors (Lipinski definition) is 1. The van der Waals surface area contributed by atoms with Crippen molar-refractivity contribution in [2.75, 3.05) is 18.9 Å². The minimum Gasteiger partial charge on any atom is -0.444 e. The first kappa shape index (κ1) is 25.9. The fourth-order valence-electron chi connectivity index (χ4n) is 4.32. The lowest BCUT2D eigenvalue weighted by Crippen LogP contribution is -2.25. The molecule has 0 bridgehead atoms. The maximum Gasteiger partial charge on any atom is 0.416 e. The van der Waals surface area contributed by atoms with E-state index in [0.717, 1.165) is 22.2 Å². The summed E-state index contributed by atoms with van der Waals surface area (Å²) >= 11 is 0. The molecule has 0 aliphatic carbocycles. The molecule has 0 saturated carbocycles. The van der Waals surface area contributed by atoms with Crippen LogP contribution in [0.3, 0.4) is 0 Å². The number of anilines is 1. The van der Waals surface area contributed by atoms with Crippen LogP contribution >= 0.6 is 0 Å². The van der Waals surface area contributed by atoms with Crippen molar-refractivity contribution in [2.24, 2.45) is 0 Å². The van der Waals surface area contributed by atoms with Crippen LogP contribution in [0.2, 0.25) is 0 Å². The van der Waals surface area contributed by atoms with E-state index < -0.39 is 23.2 Å². The number of amides is 2. The lowest BCUT2D eigenvalue weighted by molar-refractivity contribution is -0.137. The molecule has 1 aliphatic rings. The SMILES string of the molecule is Cc1cc(=O)n2nc(-c3ccc(C[C@@H]4CN(C)C(=O)O4)cc3)nc2n1CC(=O)Nc1ccc(C(F)(F)F)cc1. The van der Waals surface area contributed by atoms with Gasteiger partial charge in [0.05, 0.1) is 12.1 Å². The number of carbonyl (C=O) groups excluding carboxylic acids is 2. The molecule has 4 aromatic rings. The van der Waals surface area contributed by atoms with E-state index in [-0.39, 0.29) is 36.0 Å². The Labute approximate surface area is 219 Å². The van der Waals surface area contributed by atoms with Crippen molar-refractivity contribution >= 4 is 23.5 Å². The first-order valence-electron chi connectivity index (χ1n) is 11.9. The molecule has 2 aromatic carbocycles. The average molecular weight is 541 g/mol. The fraction of sp³-hybridized carbons (Fsp3) is 0.269. The third-order valence-electron chi connectivity index (χ3n) is 6.33. The standard InChI is InChI=1S/C26H23F3N6O4/c1-15-11-22(37)35-24(34(15)14-21(36)30-19-9-7-18(8-10-19)26(27,28)29)31-23(32-35)17-5-3-16(4-6-17)12-20-13-33(2)25(38)39-20/h3-11,20H,12-14H2,1-2H3,(H,30,36)/t20-/m1/s1. The second-order valence-corrected chi connectivity index (χ2v) is 9.27. The summed E-state index contributed by atoms with van der Waals surface area (Å²) in [5.41, 5.74) is 0.998. The Balaban J connectivity index is 1.35. The van der Waals surface area contributed by atoms with E-state index in [4.69, 9.17) is 4.74 Å². The molecule has 1 saturated heterocycles. The number of aryl methyl sites for hydroxylation is 1. The van der Waals surface area contributed by atoms with E-state index >= 15 is 0 Å². The second-order valence-electron chi connectivity index (χ2n) is 9.27. The van der Waals surface area contributed by atoms with E-state index in [2.05, 4.69) is 15.4 Å². The average Bonchev–Trinajstić information content (AvgIpc) is 3.45. The van der Waals surface area contributed by atoms with Crippen molar-refractivity contribution in [3.63, 3.8) is 0 Å². The summed E-state index contributed by atoms with van der Waals surface area (Å²) in [6.45, 7) is 1.90. The summed E-state index contributed by atoms with van der Waals surface area (Å²) in [6, 6.07) is 12.7. The number of ether oxygens (including phenoxy) is 1. The largest absolute Gasteiger partial charge is 0.444 e. The zero-order valence-electron chi connectivity index (χ0n) is 20.9. The van der Waals surface area contributed by atoms with E-state index in [1.165, 1.54) is 27.7 Å². The third kappa shape index (κ3) is 5.47. The number of fused-ring (bicyclic) bond motifs is 1. The van der Waals surface area contributed by atoms with E-state index in [1.807, 2.05) is 12.1 Å². The number of alkyl halides is 3. The maximum absolute atomic E-state index is 12.8. The van der Waals surface area contributed by atoms with Gasteiger partial charge >= 0.3 is 12.3 Å². The summed E-state index contributed by atoms with van der Waals surface area (Å²) in [4.78, 5) is 42.9.